The first-order valence-corrected chi connectivity index (χ1v) is 7.17. The third-order valence-corrected chi connectivity index (χ3v) is 3.97. The minimum Gasteiger partial charge on any atom is -0.359 e. The van der Waals surface area contributed by atoms with Gasteiger partial charge in [0.05, 0.1) is 0 Å². The molecule has 0 amide bonds. The third kappa shape index (κ3) is 3.10. The summed E-state index contributed by atoms with van der Waals surface area (Å²) in [6.07, 6.45) is 0. The topological polar surface area (TPSA) is 12.0 Å². The van der Waals surface area contributed by atoms with Crippen molar-refractivity contribution in [1.82, 2.24) is 0 Å². The van der Waals surface area contributed by atoms with E-state index in [9.17, 15) is 4.39 Å². The number of allylic oxidation sites excluding steroid dienone is 1. The Morgan fingerprint density at radius 3 is 2.30 bits per heavy atom. The second-order valence-electron chi connectivity index (χ2n) is 5.22. The number of anilines is 1. The molecule has 0 radical (unpaired) electrons. The van der Waals surface area contributed by atoms with Crippen LogP contribution in [0.4, 0.5) is 10.1 Å². The van der Waals surface area contributed by atoms with Crippen LogP contribution >= 0.6 is 15.9 Å². The number of hydrogen-bond acceptors (Lipinski definition) is 1. The molecule has 0 spiro atoms. The van der Waals surface area contributed by atoms with E-state index in [1.54, 1.807) is 12.1 Å². The zero-order chi connectivity index (χ0) is 14.8. The number of hydrogen-bond donors (Lipinski definition) is 1. The van der Waals surface area contributed by atoms with Gasteiger partial charge in [-0.15, -0.1) is 0 Å². The molecule has 0 bridgehead atoms. The summed E-state index contributed by atoms with van der Waals surface area (Å²) in [5.74, 6) is -0.212. The zero-order valence-corrected chi connectivity index (χ0v) is 13.2. The minimum absolute atomic E-state index is 0.212. The van der Waals surface area contributed by atoms with Crippen LogP contribution in [0.15, 0.2) is 65.3 Å². The largest absolute Gasteiger partial charge is 0.359 e. The summed E-state index contributed by atoms with van der Waals surface area (Å²) >= 11 is 3.40. The summed E-state index contributed by atoms with van der Waals surface area (Å²) in [6.45, 7) is 7.99. The standard InChI is InChI=1S/C17H17BrFN/c1-12(20-14-10-8-13(18)9-11-14)17(2,3)15-6-4-5-7-16(15)19/h4-11,20H,1H2,2-3H3. The van der Waals surface area contributed by atoms with Crippen LogP contribution in [-0.2, 0) is 5.41 Å². The van der Waals surface area contributed by atoms with Crippen LogP contribution in [0.1, 0.15) is 19.4 Å². The van der Waals surface area contributed by atoms with Crippen molar-refractivity contribution in [1.29, 1.82) is 0 Å². The summed E-state index contributed by atoms with van der Waals surface area (Å²) in [5.41, 5.74) is 1.82. The molecule has 0 aliphatic heterocycles. The summed E-state index contributed by atoms with van der Waals surface area (Å²) < 4.78 is 15.0. The van der Waals surface area contributed by atoms with E-state index in [4.69, 9.17) is 0 Å². The first kappa shape index (κ1) is 14.8. The van der Waals surface area contributed by atoms with Crippen molar-refractivity contribution in [3.63, 3.8) is 0 Å². The molecular weight excluding hydrogens is 317 g/mol. The average Bonchev–Trinajstić information content (AvgIpc) is 2.41. The molecule has 0 saturated heterocycles. The highest BCUT2D eigenvalue weighted by Gasteiger charge is 2.27. The molecule has 0 heterocycles. The van der Waals surface area contributed by atoms with Gasteiger partial charge in [-0.3, -0.25) is 0 Å². The Morgan fingerprint density at radius 2 is 1.70 bits per heavy atom. The van der Waals surface area contributed by atoms with Crippen molar-refractivity contribution in [3.8, 4) is 0 Å². The molecular formula is C17H17BrFN. The van der Waals surface area contributed by atoms with Gasteiger partial charge in [-0.2, -0.15) is 0 Å². The van der Waals surface area contributed by atoms with Gasteiger partial charge in [0, 0.05) is 21.3 Å². The molecule has 3 heteroatoms. The van der Waals surface area contributed by atoms with Gasteiger partial charge in [-0.1, -0.05) is 54.6 Å². The minimum atomic E-state index is -0.502. The molecule has 0 fully saturated rings. The van der Waals surface area contributed by atoms with E-state index >= 15 is 0 Å². The lowest BCUT2D eigenvalue weighted by atomic mass is 9.81. The molecule has 20 heavy (non-hydrogen) atoms. The predicted octanol–water partition coefficient (Wildman–Crippen LogP) is 5.49. The Morgan fingerprint density at radius 1 is 1.10 bits per heavy atom. The fraction of sp³-hybridized carbons (Fsp3) is 0.176. The number of nitrogens with one attached hydrogen (secondary N) is 1. The SMILES string of the molecule is C=C(Nc1ccc(Br)cc1)C(C)(C)c1ccccc1F. The van der Waals surface area contributed by atoms with Gasteiger partial charge in [0.15, 0.2) is 0 Å². The molecule has 0 saturated carbocycles. The van der Waals surface area contributed by atoms with Gasteiger partial charge in [-0.05, 0) is 35.9 Å². The van der Waals surface area contributed by atoms with Crippen LogP contribution in [0.25, 0.3) is 0 Å². The molecule has 2 rings (SSSR count). The van der Waals surface area contributed by atoms with Crippen LogP contribution in [0.5, 0.6) is 0 Å². The van der Waals surface area contributed by atoms with E-state index in [1.807, 2.05) is 44.2 Å². The van der Waals surface area contributed by atoms with Crippen molar-refractivity contribution in [2.24, 2.45) is 0 Å². The molecule has 104 valence electrons. The van der Waals surface area contributed by atoms with Gasteiger partial charge in [0.2, 0.25) is 0 Å². The van der Waals surface area contributed by atoms with Crippen molar-refractivity contribution in [2.75, 3.05) is 5.32 Å². The molecule has 1 N–H and O–H groups in total. The van der Waals surface area contributed by atoms with Crippen LogP contribution in [0, 0.1) is 5.82 Å². The third-order valence-electron chi connectivity index (χ3n) is 3.44. The fourth-order valence-corrected chi connectivity index (χ4v) is 2.26. The molecule has 2 aromatic rings. The molecule has 0 unspecified atom stereocenters. The predicted molar refractivity (Wildman–Crippen MR) is 86.3 cm³/mol. The maximum absolute atomic E-state index is 14.0. The van der Waals surface area contributed by atoms with Crippen molar-refractivity contribution >= 4 is 21.6 Å². The van der Waals surface area contributed by atoms with Gasteiger partial charge in [0.1, 0.15) is 5.82 Å². The summed E-state index contributed by atoms with van der Waals surface area (Å²) in [4.78, 5) is 0. The monoisotopic (exact) mass is 333 g/mol. The van der Waals surface area contributed by atoms with Gasteiger partial charge >= 0.3 is 0 Å². The maximum atomic E-state index is 14.0. The molecule has 0 atom stereocenters. The van der Waals surface area contributed by atoms with Crippen LogP contribution in [0.2, 0.25) is 0 Å². The highest BCUT2D eigenvalue weighted by molar-refractivity contribution is 9.10. The summed E-state index contributed by atoms with van der Waals surface area (Å²) in [6, 6.07) is 14.6. The lowest BCUT2D eigenvalue weighted by molar-refractivity contribution is 0.544. The Labute approximate surface area is 127 Å². The first-order chi connectivity index (χ1) is 9.41. The molecule has 0 aromatic heterocycles. The Balaban J connectivity index is 2.23. The Hall–Kier alpha value is -1.61. The van der Waals surface area contributed by atoms with Gasteiger partial charge < -0.3 is 5.32 Å². The fourth-order valence-electron chi connectivity index (χ4n) is 1.99. The quantitative estimate of drug-likeness (QED) is 0.779. The smallest absolute Gasteiger partial charge is 0.127 e. The molecule has 2 aromatic carbocycles. The first-order valence-electron chi connectivity index (χ1n) is 6.38. The maximum Gasteiger partial charge on any atom is 0.127 e. The molecule has 0 aliphatic rings. The highest BCUT2D eigenvalue weighted by Crippen LogP contribution is 2.32. The second kappa shape index (κ2) is 5.80. The second-order valence-corrected chi connectivity index (χ2v) is 6.13. The van der Waals surface area contributed by atoms with Crippen LogP contribution < -0.4 is 5.32 Å². The van der Waals surface area contributed by atoms with Crippen molar-refractivity contribution in [2.45, 2.75) is 19.3 Å². The summed E-state index contributed by atoms with van der Waals surface area (Å²) in [5, 5.41) is 3.25. The van der Waals surface area contributed by atoms with Crippen LogP contribution in [-0.4, -0.2) is 0 Å². The van der Waals surface area contributed by atoms with Crippen molar-refractivity contribution < 1.29 is 4.39 Å². The van der Waals surface area contributed by atoms with E-state index < -0.39 is 5.41 Å². The lowest BCUT2D eigenvalue weighted by Gasteiger charge is -2.29. The van der Waals surface area contributed by atoms with E-state index in [0.717, 1.165) is 15.9 Å². The van der Waals surface area contributed by atoms with E-state index in [1.165, 1.54) is 6.07 Å². The highest BCUT2D eigenvalue weighted by atomic mass is 79.9. The Bertz CT molecular complexity index is 617. The van der Waals surface area contributed by atoms with E-state index in [0.29, 0.717) is 5.56 Å². The normalized spacial score (nSPS) is 11.2. The lowest BCUT2D eigenvalue weighted by Crippen LogP contribution is -2.25. The van der Waals surface area contributed by atoms with Gasteiger partial charge in [-0.25, -0.2) is 4.39 Å². The molecule has 0 aliphatic carbocycles. The molecule has 1 nitrogen and oxygen atoms in total. The van der Waals surface area contributed by atoms with E-state index in [-0.39, 0.29) is 5.82 Å². The number of benzene rings is 2. The van der Waals surface area contributed by atoms with Crippen LogP contribution in [0.3, 0.4) is 0 Å². The van der Waals surface area contributed by atoms with E-state index in [2.05, 4.69) is 27.8 Å². The number of rotatable bonds is 4. The van der Waals surface area contributed by atoms with Gasteiger partial charge in [0.25, 0.3) is 0 Å². The Kier molecular flexibility index (Phi) is 4.29. The average molecular weight is 334 g/mol. The zero-order valence-electron chi connectivity index (χ0n) is 11.6. The van der Waals surface area contributed by atoms with Crippen molar-refractivity contribution in [3.05, 3.63) is 76.7 Å². The summed E-state index contributed by atoms with van der Waals surface area (Å²) in [7, 11) is 0. The number of halogens is 2.